The van der Waals surface area contributed by atoms with Crippen LogP contribution >= 0.6 is 0 Å². The van der Waals surface area contributed by atoms with Gasteiger partial charge in [0.1, 0.15) is 5.82 Å². The Bertz CT molecular complexity index is 343. The maximum atomic E-state index is 10.6. The average molecular weight is 212 g/mol. The van der Waals surface area contributed by atoms with Crippen LogP contribution in [0.4, 0.5) is 5.82 Å². The molecule has 0 aliphatic heterocycles. The van der Waals surface area contributed by atoms with Gasteiger partial charge in [-0.05, 0) is 12.1 Å². The highest BCUT2D eigenvalue weighted by Gasteiger charge is 2.05. The third kappa shape index (κ3) is 3.53. The zero-order valence-corrected chi connectivity index (χ0v) is 7.92. The lowest BCUT2D eigenvalue weighted by Crippen LogP contribution is -2.23. The van der Waals surface area contributed by atoms with Crippen molar-refractivity contribution in [3.8, 4) is 0 Å². The van der Waals surface area contributed by atoms with Gasteiger partial charge in [-0.15, -0.1) is 0 Å². The Labute approximate surface area is 86.2 Å². The van der Waals surface area contributed by atoms with E-state index in [0.717, 1.165) is 0 Å². The first-order valence-electron chi connectivity index (χ1n) is 4.35. The molecule has 0 spiro atoms. The normalized spacial score (nSPS) is 12.1. The first-order valence-corrected chi connectivity index (χ1v) is 4.35. The highest BCUT2D eigenvalue weighted by molar-refractivity contribution is 5.88. The van der Waals surface area contributed by atoms with Gasteiger partial charge in [0, 0.05) is 12.7 Å². The Morgan fingerprint density at radius 2 is 2.33 bits per heavy atom. The van der Waals surface area contributed by atoms with E-state index >= 15 is 0 Å². The summed E-state index contributed by atoms with van der Waals surface area (Å²) >= 11 is 0. The van der Waals surface area contributed by atoms with Gasteiger partial charge in [-0.3, -0.25) is 0 Å². The number of hydrogen-bond donors (Lipinski definition) is 4. The number of aliphatic hydroxyl groups excluding tert-OH is 2. The Morgan fingerprint density at radius 3 is 2.93 bits per heavy atom. The largest absolute Gasteiger partial charge is 0.478 e. The number of aliphatic hydroxyl groups is 2. The molecule has 4 N–H and O–H groups in total. The van der Waals surface area contributed by atoms with Crippen LogP contribution in [-0.2, 0) is 0 Å². The van der Waals surface area contributed by atoms with Crippen LogP contribution in [0, 0.1) is 0 Å². The summed E-state index contributed by atoms with van der Waals surface area (Å²) in [6.45, 7) is -0.238. The molecule has 1 rings (SSSR count). The number of carboxylic acids is 1. The molecule has 1 heterocycles. The molecule has 0 fully saturated rings. The van der Waals surface area contributed by atoms with E-state index in [4.69, 9.17) is 15.3 Å². The summed E-state index contributed by atoms with van der Waals surface area (Å²) in [6.07, 6.45) is 0.470. The summed E-state index contributed by atoms with van der Waals surface area (Å²) < 4.78 is 0. The van der Waals surface area contributed by atoms with Gasteiger partial charge in [0.15, 0.2) is 0 Å². The second-order valence-corrected chi connectivity index (χ2v) is 2.95. The van der Waals surface area contributed by atoms with E-state index < -0.39 is 12.1 Å². The molecule has 0 radical (unpaired) electrons. The average Bonchev–Trinajstić information content (AvgIpc) is 2.26. The van der Waals surface area contributed by atoms with E-state index in [1.54, 1.807) is 0 Å². The standard InChI is InChI=1S/C9H12N2O4/c12-5-7(13)4-11-8-3-6(9(14)15)1-2-10-8/h1-3,7,12-13H,4-5H2,(H,10,11)(H,14,15). The molecule has 6 nitrogen and oxygen atoms in total. The highest BCUT2D eigenvalue weighted by atomic mass is 16.4. The van der Waals surface area contributed by atoms with Gasteiger partial charge < -0.3 is 20.6 Å². The number of pyridine rings is 1. The van der Waals surface area contributed by atoms with Crippen molar-refractivity contribution in [2.24, 2.45) is 0 Å². The van der Waals surface area contributed by atoms with Gasteiger partial charge in [0.25, 0.3) is 0 Å². The first-order chi connectivity index (χ1) is 7.13. The fourth-order valence-corrected chi connectivity index (χ4v) is 0.947. The topological polar surface area (TPSA) is 103 Å². The molecule has 6 heteroatoms. The summed E-state index contributed by atoms with van der Waals surface area (Å²) in [5, 5.41) is 29.0. The number of aromatic carboxylic acids is 1. The fourth-order valence-electron chi connectivity index (χ4n) is 0.947. The Morgan fingerprint density at radius 1 is 1.60 bits per heavy atom. The summed E-state index contributed by atoms with van der Waals surface area (Å²) in [5.74, 6) is -0.689. The lowest BCUT2D eigenvalue weighted by atomic mass is 10.2. The maximum Gasteiger partial charge on any atom is 0.335 e. The van der Waals surface area contributed by atoms with Gasteiger partial charge in [0.05, 0.1) is 18.3 Å². The maximum absolute atomic E-state index is 10.6. The quantitative estimate of drug-likeness (QED) is 0.527. The van der Waals surface area contributed by atoms with Crippen molar-refractivity contribution in [1.82, 2.24) is 4.98 Å². The van der Waals surface area contributed by atoms with Crippen molar-refractivity contribution in [2.45, 2.75) is 6.10 Å². The van der Waals surface area contributed by atoms with Crippen LogP contribution in [0.25, 0.3) is 0 Å². The Hall–Kier alpha value is -1.66. The molecular formula is C9H12N2O4. The number of anilines is 1. The van der Waals surface area contributed by atoms with Crippen molar-refractivity contribution < 1.29 is 20.1 Å². The number of carboxylic acid groups (broad SMARTS) is 1. The molecule has 82 valence electrons. The van der Waals surface area contributed by atoms with Crippen molar-refractivity contribution in [1.29, 1.82) is 0 Å². The van der Waals surface area contributed by atoms with Gasteiger partial charge >= 0.3 is 5.97 Å². The number of carbonyl (C=O) groups is 1. The van der Waals surface area contributed by atoms with Crippen molar-refractivity contribution in [3.63, 3.8) is 0 Å². The van der Waals surface area contributed by atoms with Crippen LogP contribution in [0.15, 0.2) is 18.3 Å². The highest BCUT2D eigenvalue weighted by Crippen LogP contribution is 2.06. The minimum atomic E-state index is -1.04. The second-order valence-electron chi connectivity index (χ2n) is 2.95. The molecule has 1 atom stereocenters. The van der Waals surface area contributed by atoms with Gasteiger partial charge in [-0.1, -0.05) is 0 Å². The molecule has 0 aromatic carbocycles. The van der Waals surface area contributed by atoms with Crippen molar-refractivity contribution >= 4 is 11.8 Å². The van der Waals surface area contributed by atoms with Crippen LogP contribution in [-0.4, -0.2) is 45.5 Å². The first kappa shape index (κ1) is 11.4. The Balaban J connectivity index is 2.62. The molecule has 1 aromatic heterocycles. The number of hydrogen-bond acceptors (Lipinski definition) is 5. The van der Waals surface area contributed by atoms with E-state index in [0.29, 0.717) is 5.82 Å². The zero-order chi connectivity index (χ0) is 11.3. The predicted molar refractivity (Wildman–Crippen MR) is 52.8 cm³/mol. The lowest BCUT2D eigenvalue weighted by Gasteiger charge is -2.09. The minimum absolute atomic E-state index is 0.117. The summed E-state index contributed by atoms with van der Waals surface area (Å²) in [5.41, 5.74) is 0.117. The van der Waals surface area contributed by atoms with Crippen molar-refractivity contribution in [2.75, 3.05) is 18.5 Å². The SMILES string of the molecule is O=C(O)c1ccnc(NCC(O)CO)c1. The fraction of sp³-hybridized carbons (Fsp3) is 0.333. The third-order valence-electron chi connectivity index (χ3n) is 1.74. The van der Waals surface area contributed by atoms with E-state index in [1.807, 2.05) is 0 Å². The molecule has 1 aromatic rings. The van der Waals surface area contributed by atoms with Crippen LogP contribution in [0.3, 0.4) is 0 Å². The molecule has 0 bridgehead atoms. The number of aromatic nitrogens is 1. The van der Waals surface area contributed by atoms with E-state index in [9.17, 15) is 4.79 Å². The van der Waals surface area contributed by atoms with E-state index in [-0.39, 0.29) is 18.7 Å². The summed E-state index contributed by atoms with van der Waals surface area (Å²) in [6, 6.07) is 2.72. The molecular weight excluding hydrogens is 200 g/mol. The predicted octanol–water partition coefficient (Wildman–Crippen LogP) is -0.455. The molecule has 0 aliphatic rings. The van der Waals surface area contributed by atoms with Gasteiger partial charge in [-0.2, -0.15) is 0 Å². The van der Waals surface area contributed by atoms with Crippen LogP contribution < -0.4 is 5.32 Å². The van der Waals surface area contributed by atoms with Crippen molar-refractivity contribution in [3.05, 3.63) is 23.9 Å². The Kier molecular flexibility index (Phi) is 4.02. The number of nitrogens with one attached hydrogen (secondary N) is 1. The van der Waals surface area contributed by atoms with E-state index in [1.165, 1.54) is 18.3 Å². The van der Waals surface area contributed by atoms with Crippen LogP contribution in [0.5, 0.6) is 0 Å². The molecule has 1 unspecified atom stereocenters. The summed E-state index contributed by atoms with van der Waals surface area (Å²) in [4.78, 5) is 14.5. The molecule has 15 heavy (non-hydrogen) atoms. The van der Waals surface area contributed by atoms with Gasteiger partial charge in [-0.25, -0.2) is 9.78 Å². The lowest BCUT2D eigenvalue weighted by molar-refractivity contribution is 0.0697. The van der Waals surface area contributed by atoms with E-state index in [2.05, 4.69) is 10.3 Å². The summed E-state index contributed by atoms with van der Waals surface area (Å²) in [7, 11) is 0. The smallest absolute Gasteiger partial charge is 0.335 e. The third-order valence-corrected chi connectivity index (χ3v) is 1.74. The number of rotatable bonds is 5. The molecule has 0 saturated heterocycles. The zero-order valence-electron chi connectivity index (χ0n) is 7.92. The molecule has 0 saturated carbocycles. The minimum Gasteiger partial charge on any atom is -0.478 e. The van der Waals surface area contributed by atoms with Gasteiger partial charge in [0.2, 0.25) is 0 Å². The second kappa shape index (κ2) is 5.28. The number of nitrogens with zero attached hydrogens (tertiary/aromatic N) is 1. The van der Waals surface area contributed by atoms with Crippen LogP contribution in [0.1, 0.15) is 10.4 Å². The van der Waals surface area contributed by atoms with Crippen LogP contribution in [0.2, 0.25) is 0 Å². The molecule has 0 amide bonds. The monoisotopic (exact) mass is 212 g/mol. The molecule has 0 aliphatic carbocycles.